The fourth-order valence-corrected chi connectivity index (χ4v) is 1.64. The first-order valence-corrected chi connectivity index (χ1v) is 6.45. The van der Waals surface area contributed by atoms with Gasteiger partial charge in [0, 0.05) is 0 Å². The van der Waals surface area contributed by atoms with Gasteiger partial charge in [-0.2, -0.15) is 0 Å². The molecule has 22 heavy (non-hydrogen) atoms. The van der Waals surface area contributed by atoms with Crippen LogP contribution in [0.25, 0.3) is 0 Å². The van der Waals surface area contributed by atoms with Crippen LogP contribution in [0.1, 0.15) is 23.6 Å². The molecule has 0 aliphatic rings. The van der Waals surface area contributed by atoms with E-state index in [-0.39, 0.29) is 11.4 Å². The highest BCUT2D eigenvalue weighted by atomic mass is 16.4. The van der Waals surface area contributed by atoms with Gasteiger partial charge in [0.25, 0.3) is 0 Å². The van der Waals surface area contributed by atoms with Crippen LogP contribution in [-0.4, -0.2) is 88.4 Å². The third-order valence-electron chi connectivity index (χ3n) is 3.11. The van der Waals surface area contributed by atoms with Crippen molar-refractivity contribution in [3.63, 3.8) is 0 Å². The Labute approximate surface area is 125 Å². The van der Waals surface area contributed by atoms with Gasteiger partial charge in [-0.15, -0.1) is 0 Å². The highest BCUT2D eigenvalue weighted by Gasteiger charge is 2.29. The van der Waals surface area contributed by atoms with Crippen LogP contribution in [0.2, 0.25) is 0 Å². The summed E-state index contributed by atoms with van der Waals surface area (Å²) in [6.45, 7) is -1.51. The summed E-state index contributed by atoms with van der Waals surface area (Å²) in [5.41, 5.74) is -0.263. The third kappa shape index (κ3) is 4.38. The minimum absolute atomic E-state index is 0.131. The molecule has 1 rings (SSSR count). The van der Waals surface area contributed by atoms with E-state index in [0.29, 0.717) is 0 Å². The number of aliphatic hydroxyl groups excluding tert-OH is 8. The van der Waals surface area contributed by atoms with Gasteiger partial charge in [0.2, 0.25) is 0 Å². The van der Waals surface area contributed by atoms with Crippen molar-refractivity contribution in [1.82, 2.24) is 9.97 Å². The molecule has 126 valence electrons. The lowest BCUT2D eigenvalue weighted by Gasteiger charge is -2.22. The molecule has 0 bridgehead atoms. The number of rotatable bonds is 8. The van der Waals surface area contributed by atoms with E-state index in [4.69, 9.17) is 10.2 Å². The van der Waals surface area contributed by atoms with E-state index in [2.05, 4.69) is 9.97 Å². The van der Waals surface area contributed by atoms with Crippen LogP contribution >= 0.6 is 0 Å². The van der Waals surface area contributed by atoms with Gasteiger partial charge in [0.15, 0.2) is 0 Å². The summed E-state index contributed by atoms with van der Waals surface area (Å²) in [4.78, 5) is 7.45. The zero-order valence-corrected chi connectivity index (χ0v) is 11.5. The lowest BCUT2D eigenvalue weighted by atomic mass is 10.0. The normalized spacial score (nSPS) is 20.0. The number of aromatic nitrogens is 2. The van der Waals surface area contributed by atoms with Crippen LogP contribution < -0.4 is 0 Å². The van der Waals surface area contributed by atoms with Gasteiger partial charge in [-0.3, -0.25) is 9.97 Å². The molecule has 6 atom stereocenters. The quantitative estimate of drug-likeness (QED) is 0.234. The predicted octanol–water partition coefficient (Wildman–Crippen LogP) is -4.03. The van der Waals surface area contributed by atoms with Crippen molar-refractivity contribution in [1.29, 1.82) is 0 Å². The Bertz CT molecular complexity index is 404. The van der Waals surface area contributed by atoms with Crippen molar-refractivity contribution in [2.45, 2.75) is 36.6 Å². The second kappa shape index (κ2) is 8.41. The molecule has 0 aromatic carbocycles. The maximum atomic E-state index is 9.75. The number of hydrogen-bond acceptors (Lipinski definition) is 10. The van der Waals surface area contributed by atoms with Crippen LogP contribution in [0.4, 0.5) is 0 Å². The van der Waals surface area contributed by atoms with Gasteiger partial charge < -0.3 is 40.9 Å². The second-order valence-electron chi connectivity index (χ2n) is 4.74. The maximum absolute atomic E-state index is 9.75. The van der Waals surface area contributed by atoms with Gasteiger partial charge >= 0.3 is 0 Å². The highest BCUT2D eigenvalue weighted by Crippen LogP contribution is 2.20. The molecule has 10 heteroatoms. The van der Waals surface area contributed by atoms with Crippen molar-refractivity contribution < 1.29 is 40.9 Å². The van der Waals surface area contributed by atoms with Crippen LogP contribution in [0, 0.1) is 0 Å². The molecule has 0 amide bonds. The average molecular weight is 320 g/mol. The van der Waals surface area contributed by atoms with Crippen molar-refractivity contribution in [3.8, 4) is 0 Å². The molecule has 1 heterocycles. The summed E-state index contributed by atoms with van der Waals surface area (Å²) in [6, 6.07) is 0. The Morgan fingerprint density at radius 3 is 1.23 bits per heavy atom. The molecule has 0 aliphatic heterocycles. The molecule has 0 radical (unpaired) electrons. The van der Waals surface area contributed by atoms with Crippen molar-refractivity contribution in [2.24, 2.45) is 0 Å². The summed E-state index contributed by atoms with van der Waals surface area (Å²) in [5.74, 6) is 0. The van der Waals surface area contributed by atoms with E-state index >= 15 is 0 Å². The number of nitrogens with zero attached hydrogens (tertiary/aromatic N) is 2. The van der Waals surface area contributed by atoms with E-state index in [9.17, 15) is 30.6 Å². The van der Waals surface area contributed by atoms with Gasteiger partial charge in [0.05, 0.1) is 37.0 Å². The molecular weight excluding hydrogens is 300 g/mol. The van der Waals surface area contributed by atoms with Gasteiger partial charge in [-0.05, 0) is 0 Å². The van der Waals surface area contributed by atoms with Crippen LogP contribution in [0.15, 0.2) is 12.4 Å². The molecule has 1 unspecified atom stereocenters. The number of hydrogen-bond donors (Lipinski definition) is 8. The Hall–Kier alpha value is -1.24. The van der Waals surface area contributed by atoms with E-state index in [0.717, 1.165) is 12.4 Å². The third-order valence-corrected chi connectivity index (χ3v) is 3.11. The largest absolute Gasteiger partial charge is 0.394 e. The summed E-state index contributed by atoms with van der Waals surface area (Å²) < 4.78 is 0. The Morgan fingerprint density at radius 1 is 0.682 bits per heavy atom. The summed E-state index contributed by atoms with van der Waals surface area (Å²) in [5, 5.41) is 74.4. The van der Waals surface area contributed by atoms with Crippen molar-refractivity contribution >= 4 is 0 Å². The molecular formula is C12H20N2O8. The molecule has 1 aromatic heterocycles. The van der Waals surface area contributed by atoms with Crippen molar-refractivity contribution in [3.05, 3.63) is 23.8 Å². The predicted molar refractivity (Wildman–Crippen MR) is 70.2 cm³/mol. The maximum Gasteiger partial charge on any atom is 0.126 e. The first-order valence-electron chi connectivity index (χ1n) is 6.45. The first-order chi connectivity index (χ1) is 10.3. The molecule has 0 aliphatic carbocycles. The van der Waals surface area contributed by atoms with Crippen LogP contribution in [0.3, 0.4) is 0 Å². The van der Waals surface area contributed by atoms with Crippen molar-refractivity contribution in [2.75, 3.05) is 13.2 Å². The van der Waals surface area contributed by atoms with E-state index in [1.807, 2.05) is 0 Å². The zero-order chi connectivity index (χ0) is 16.9. The molecule has 0 saturated carbocycles. The SMILES string of the molecule is OCC(O)[C@@H](O)[C@H](O)c1cnc([C@@H](O)[C@H](O)[C@@H](O)CO)cn1. The zero-order valence-electron chi connectivity index (χ0n) is 11.5. The number of aliphatic hydroxyl groups is 8. The minimum atomic E-state index is -1.68. The molecule has 0 fully saturated rings. The van der Waals surface area contributed by atoms with Gasteiger partial charge in [-0.25, -0.2) is 0 Å². The molecule has 1 aromatic rings. The van der Waals surface area contributed by atoms with Gasteiger partial charge in [-0.1, -0.05) is 0 Å². The topological polar surface area (TPSA) is 188 Å². The van der Waals surface area contributed by atoms with E-state index in [1.54, 1.807) is 0 Å². The highest BCUT2D eigenvalue weighted by molar-refractivity contribution is 5.10. The van der Waals surface area contributed by atoms with Crippen LogP contribution in [0.5, 0.6) is 0 Å². The molecule has 10 nitrogen and oxygen atoms in total. The van der Waals surface area contributed by atoms with Crippen LogP contribution in [-0.2, 0) is 0 Å². The summed E-state index contributed by atoms with van der Waals surface area (Å²) in [6.07, 6.45) is -7.74. The first kappa shape index (κ1) is 18.8. The fourth-order valence-electron chi connectivity index (χ4n) is 1.64. The Kier molecular flexibility index (Phi) is 7.19. The second-order valence-corrected chi connectivity index (χ2v) is 4.74. The molecule has 8 N–H and O–H groups in total. The monoisotopic (exact) mass is 320 g/mol. The Balaban J connectivity index is 2.82. The standard InChI is InChI=1S/C12H20N2O8/c15-3-7(17)11(21)9(19)5-1-13-6(2-14-5)10(20)12(22)8(18)4-16/h1-2,7-12,15-22H,3-4H2/t7-,8?,9+,10+,11+,12+/m0/s1. The van der Waals surface area contributed by atoms with Gasteiger partial charge in [0.1, 0.15) is 36.6 Å². The summed E-state index contributed by atoms with van der Waals surface area (Å²) >= 11 is 0. The molecule has 0 spiro atoms. The molecule has 0 saturated heterocycles. The lowest BCUT2D eigenvalue weighted by molar-refractivity contribution is -0.0808. The summed E-state index contributed by atoms with van der Waals surface area (Å²) in [7, 11) is 0. The van der Waals surface area contributed by atoms with E-state index < -0.39 is 49.8 Å². The fraction of sp³-hybridized carbons (Fsp3) is 0.667. The Morgan fingerprint density at radius 2 is 1.00 bits per heavy atom. The lowest BCUT2D eigenvalue weighted by Crippen LogP contribution is -2.36. The minimum Gasteiger partial charge on any atom is -0.394 e. The smallest absolute Gasteiger partial charge is 0.126 e. The van der Waals surface area contributed by atoms with E-state index in [1.165, 1.54) is 0 Å². The average Bonchev–Trinajstić information content (AvgIpc) is 2.57.